The van der Waals surface area contributed by atoms with Gasteiger partial charge in [0.05, 0.1) is 0 Å². The Morgan fingerprint density at radius 3 is 0.795 bits per heavy atom. The molecule has 1 unspecified atom stereocenters. The van der Waals surface area contributed by atoms with Gasteiger partial charge in [-0.15, -0.1) is 0 Å². The fraction of sp³-hybridized carbons (Fsp3) is 0.779. The van der Waals surface area contributed by atoms with Crippen LogP contribution in [0.1, 0.15) is 367 Å². The highest BCUT2D eigenvalue weighted by atomic mass is 16.6. The molecular formula is C77H136O6. The van der Waals surface area contributed by atoms with Crippen molar-refractivity contribution in [3.63, 3.8) is 0 Å². The van der Waals surface area contributed by atoms with E-state index in [4.69, 9.17) is 14.2 Å². The molecule has 0 aliphatic heterocycles. The van der Waals surface area contributed by atoms with Crippen molar-refractivity contribution in [3.8, 4) is 0 Å². The van der Waals surface area contributed by atoms with Crippen LogP contribution in [0.2, 0.25) is 0 Å². The molecule has 0 aromatic carbocycles. The SMILES string of the molecule is CC/C=C\C/C=C\C/C=C\C/C=C\C/C=C\CCCC(=O)OCC(COC(=O)CCCCCCCCCCCCCCCCC/C=C\CCCCCCCCCC)OC(=O)CCCCCCCCCCC/C=C\CCCCCCCCCC. The van der Waals surface area contributed by atoms with Crippen molar-refractivity contribution < 1.29 is 28.6 Å². The molecule has 0 aromatic heterocycles. The molecule has 0 radical (unpaired) electrons. The van der Waals surface area contributed by atoms with Crippen LogP contribution in [-0.2, 0) is 28.6 Å². The van der Waals surface area contributed by atoms with Crippen LogP contribution in [0.25, 0.3) is 0 Å². The van der Waals surface area contributed by atoms with E-state index in [1.807, 2.05) is 0 Å². The van der Waals surface area contributed by atoms with E-state index in [9.17, 15) is 14.4 Å². The van der Waals surface area contributed by atoms with Crippen LogP contribution in [0.5, 0.6) is 0 Å². The van der Waals surface area contributed by atoms with Crippen LogP contribution in [0.15, 0.2) is 85.1 Å². The third kappa shape index (κ3) is 69.3. The second kappa shape index (κ2) is 71.1. The molecule has 0 saturated heterocycles. The zero-order valence-corrected chi connectivity index (χ0v) is 55.2. The Bertz CT molecular complexity index is 1570. The van der Waals surface area contributed by atoms with Crippen molar-refractivity contribution in [3.05, 3.63) is 85.1 Å². The maximum absolute atomic E-state index is 13.0. The van der Waals surface area contributed by atoms with Crippen LogP contribution in [0, 0.1) is 0 Å². The maximum Gasteiger partial charge on any atom is 0.306 e. The molecule has 0 fully saturated rings. The van der Waals surface area contributed by atoms with Gasteiger partial charge in [-0.05, 0) is 109 Å². The normalized spacial score (nSPS) is 12.6. The predicted octanol–water partition coefficient (Wildman–Crippen LogP) is 25.0. The van der Waals surface area contributed by atoms with E-state index in [0.29, 0.717) is 19.3 Å². The molecule has 0 N–H and O–H groups in total. The van der Waals surface area contributed by atoms with Gasteiger partial charge in [-0.25, -0.2) is 0 Å². The van der Waals surface area contributed by atoms with Crippen molar-refractivity contribution in [2.75, 3.05) is 13.2 Å². The number of unbranched alkanes of at least 4 members (excludes halogenated alkanes) is 41. The van der Waals surface area contributed by atoms with Crippen molar-refractivity contribution in [1.82, 2.24) is 0 Å². The van der Waals surface area contributed by atoms with Crippen molar-refractivity contribution >= 4 is 17.9 Å². The number of rotatable bonds is 66. The van der Waals surface area contributed by atoms with Crippen LogP contribution < -0.4 is 0 Å². The van der Waals surface area contributed by atoms with Crippen LogP contribution in [-0.4, -0.2) is 37.2 Å². The number of carbonyl (C=O) groups is 3. The predicted molar refractivity (Wildman–Crippen MR) is 362 cm³/mol. The second-order valence-electron chi connectivity index (χ2n) is 24.1. The molecule has 1 atom stereocenters. The molecule has 0 rings (SSSR count). The molecule has 0 heterocycles. The van der Waals surface area contributed by atoms with Crippen LogP contribution in [0.3, 0.4) is 0 Å². The number of esters is 3. The smallest absolute Gasteiger partial charge is 0.306 e. The van der Waals surface area contributed by atoms with E-state index in [0.717, 1.165) is 77.0 Å². The summed E-state index contributed by atoms with van der Waals surface area (Å²) in [6.07, 6.45) is 94.8. The Hall–Kier alpha value is -3.41. The summed E-state index contributed by atoms with van der Waals surface area (Å²) in [5, 5.41) is 0. The molecule has 6 heteroatoms. The van der Waals surface area contributed by atoms with Gasteiger partial charge >= 0.3 is 17.9 Å². The lowest BCUT2D eigenvalue weighted by atomic mass is 10.0. The van der Waals surface area contributed by atoms with E-state index in [-0.39, 0.29) is 37.5 Å². The highest BCUT2D eigenvalue weighted by Crippen LogP contribution is 2.18. The summed E-state index contributed by atoms with van der Waals surface area (Å²) in [5.74, 6) is -0.937. The first kappa shape index (κ1) is 79.6. The Balaban J connectivity index is 4.34. The molecule has 0 aromatic rings. The van der Waals surface area contributed by atoms with Crippen LogP contribution in [0.4, 0.5) is 0 Å². The standard InChI is InChI=1S/C77H136O6/c1-4-7-10-13-16-19-22-25-28-31-33-35-36-37-38-39-40-42-43-46-49-52-55-58-61-64-67-70-76(79)82-73-74(72-81-75(78)69-66-63-60-57-54-51-48-45-30-27-24-21-18-15-12-9-6-3)83-77(80)71-68-65-62-59-56-53-50-47-44-41-34-32-29-26-23-20-17-14-11-8-5-2/h9,12,18,21,27,30-34,48,51,57,60,74H,4-8,10-11,13-17,19-20,22-26,28-29,35-47,49-50,52-56,58-59,61-73H2,1-3H3/b12-9-,21-18-,30-27-,33-31-,34-32-,51-48-,60-57-. The Morgan fingerprint density at radius 1 is 0.253 bits per heavy atom. The zero-order chi connectivity index (χ0) is 59.9. The summed E-state index contributed by atoms with van der Waals surface area (Å²) >= 11 is 0. The van der Waals surface area contributed by atoms with E-state index in [1.54, 1.807) is 0 Å². The number of hydrogen-bond donors (Lipinski definition) is 0. The van der Waals surface area contributed by atoms with E-state index in [2.05, 4.69) is 106 Å². The van der Waals surface area contributed by atoms with Gasteiger partial charge in [-0.3, -0.25) is 14.4 Å². The monoisotopic (exact) mass is 1160 g/mol. The molecule has 0 amide bonds. The Labute approximate surface area is 515 Å². The van der Waals surface area contributed by atoms with Gasteiger partial charge < -0.3 is 14.2 Å². The fourth-order valence-corrected chi connectivity index (χ4v) is 10.5. The molecule has 480 valence electrons. The van der Waals surface area contributed by atoms with Gasteiger partial charge in [0.2, 0.25) is 0 Å². The zero-order valence-electron chi connectivity index (χ0n) is 55.2. The average Bonchev–Trinajstić information content (AvgIpc) is 3.50. The maximum atomic E-state index is 13.0. The van der Waals surface area contributed by atoms with Crippen molar-refractivity contribution in [2.45, 2.75) is 374 Å². The summed E-state index contributed by atoms with van der Waals surface area (Å²) in [4.78, 5) is 38.5. The van der Waals surface area contributed by atoms with Gasteiger partial charge in [0, 0.05) is 19.3 Å². The molecule has 0 aliphatic carbocycles. The number of carbonyl (C=O) groups excluding carboxylic acids is 3. The quantitative estimate of drug-likeness (QED) is 0.0261. The van der Waals surface area contributed by atoms with Crippen molar-refractivity contribution in [2.24, 2.45) is 0 Å². The minimum atomic E-state index is -0.802. The second-order valence-corrected chi connectivity index (χ2v) is 24.1. The minimum Gasteiger partial charge on any atom is -0.462 e. The molecule has 83 heavy (non-hydrogen) atoms. The lowest BCUT2D eigenvalue weighted by molar-refractivity contribution is -0.167. The first-order valence-electron chi connectivity index (χ1n) is 36.1. The van der Waals surface area contributed by atoms with Gasteiger partial charge in [-0.1, -0.05) is 324 Å². The third-order valence-corrected chi connectivity index (χ3v) is 15.9. The molecule has 0 bridgehead atoms. The fourth-order valence-electron chi connectivity index (χ4n) is 10.5. The topological polar surface area (TPSA) is 78.9 Å². The average molecular weight is 1160 g/mol. The summed E-state index contributed by atoms with van der Waals surface area (Å²) in [6.45, 7) is 6.53. The molecule has 0 spiro atoms. The molecule has 0 aliphatic rings. The lowest BCUT2D eigenvalue weighted by Crippen LogP contribution is -2.30. The summed E-state index contributed by atoms with van der Waals surface area (Å²) < 4.78 is 17.0. The highest BCUT2D eigenvalue weighted by Gasteiger charge is 2.19. The van der Waals surface area contributed by atoms with E-state index < -0.39 is 6.10 Å². The lowest BCUT2D eigenvalue weighted by Gasteiger charge is -2.18. The summed E-state index contributed by atoms with van der Waals surface area (Å²) in [6, 6.07) is 0. The molecule has 0 saturated carbocycles. The Kier molecular flexibility index (Phi) is 68.2. The first-order chi connectivity index (χ1) is 41.0. The first-order valence-corrected chi connectivity index (χ1v) is 36.1. The minimum absolute atomic E-state index is 0.0925. The van der Waals surface area contributed by atoms with Gasteiger partial charge in [0.1, 0.15) is 13.2 Å². The number of hydrogen-bond acceptors (Lipinski definition) is 6. The van der Waals surface area contributed by atoms with Crippen molar-refractivity contribution in [1.29, 1.82) is 0 Å². The number of ether oxygens (including phenoxy) is 3. The van der Waals surface area contributed by atoms with Crippen LogP contribution >= 0.6 is 0 Å². The summed E-state index contributed by atoms with van der Waals surface area (Å²) in [7, 11) is 0. The summed E-state index contributed by atoms with van der Waals surface area (Å²) in [5.41, 5.74) is 0. The largest absolute Gasteiger partial charge is 0.462 e. The third-order valence-electron chi connectivity index (χ3n) is 15.9. The molecule has 6 nitrogen and oxygen atoms in total. The van der Waals surface area contributed by atoms with E-state index >= 15 is 0 Å². The van der Waals surface area contributed by atoms with E-state index in [1.165, 1.54) is 244 Å². The molecular weight excluding hydrogens is 1020 g/mol. The Morgan fingerprint density at radius 2 is 0.482 bits per heavy atom. The highest BCUT2D eigenvalue weighted by molar-refractivity contribution is 5.71. The van der Waals surface area contributed by atoms with Gasteiger partial charge in [-0.2, -0.15) is 0 Å². The number of allylic oxidation sites excluding steroid dienone is 14. The van der Waals surface area contributed by atoms with Gasteiger partial charge in [0.15, 0.2) is 6.10 Å². The van der Waals surface area contributed by atoms with Gasteiger partial charge in [0.25, 0.3) is 0 Å².